The third kappa shape index (κ3) is 3.61. The SMILES string of the molecule is O=C(ON1C(=O)c2ccccc2C1=O)[C@H]1C[C@@H](F)CN1C(=O)OCc1ccccc1. The Morgan fingerprint density at radius 3 is 2.20 bits per heavy atom. The zero-order valence-corrected chi connectivity index (χ0v) is 15.7. The molecule has 1 saturated heterocycles. The molecule has 2 aromatic rings. The van der Waals surface area contributed by atoms with Gasteiger partial charge in [-0.15, -0.1) is 0 Å². The fourth-order valence-corrected chi connectivity index (χ4v) is 3.41. The molecule has 30 heavy (non-hydrogen) atoms. The van der Waals surface area contributed by atoms with Crippen molar-refractivity contribution in [1.82, 2.24) is 9.96 Å². The summed E-state index contributed by atoms with van der Waals surface area (Å²) in [6.07, 6.45) is -2.67. The highest BCUT2D eigenvalue weighted by Gasteiger charge is 2.45. The minimum absolute atomic E-state index is 0.0483. The number of fused-ring (bicyclic) bond motifs is 1. The Labute approximate surface area is 170 Å². The molecule has 0 aromatic heterocycles. The van der Waals surface area contributed by atoms with Crippen LogP contribution in [0.3, 0.4) is 0 Å². The molecule has 2 heterocycles. The first-order valence-electron chi connectivity index (χ1n) is 9.26. The molecule has 4 rings (SSSR count). The first kappa shape index (κ1) is 19.6. The van der Waals surface area contributed by atoms with Crippen LogP contribution in [-0.2, 0) is 21.0 Å². The largest absolute Gasteiger partial charge is 0.445 e. The lowest BCUT2D eigenvalue weighted by Crippen LogP contribution is -2.45. The van der Waals surface area contributed by atoms with Crippen molar-refractivity contribution >= 4 is 23.9 Å². The molecule has 0 saturated carbocycles. The number of alkyl halides is 1. The lowest BCUT2D eigenvalue weighted by molar-refractivity contribution is -0.173. The molecule has 9 heteroatoms. The van der Waals surface area contributed by atoms with Crippen LogP contribution in [0, 0.1) is 0 Å². The summed E-state index contributed by atoms with van der Waals surface area (Å²) in [4.78, 5) is 55.6. The van der Waals surface area contributed by atoms with Gasteiger partial charge < -0.3 is 9.57 Å². The minimum Gasteiger partial charge on any atom is -0.445 e. The van der Waals surface area contributed by atoms with E-state index >= 15 is 0 Å². The Kier molecular flexibility index (Phi) is 5.18. The van der Waals surface area contributed by atoms with Gasteiger partial charge in [0.1, 0.15) is 18.8 Å². The van der Waals surface area contributed by atoms with Gasteiger partial charge in [-0.1, -0.05) is 47.5 Å². The van der Waals surface area contributed by atoms with Crippen molar-refractivity contribution in [3.8, 4) is 0 Å². The smallest absolute Gasteiger partial charge is 0.410 e. The fraction of sp³-hybridized carbons (Fsp3) is 0.238. The van der Waals surface area contributed by atoms with Gasteiger partial charge in [0.05, 0.1) is 17.7 Å². The molecule has 0 N–H and O–H groups in total. The standard InChI is InChI=1S/C21H17FN2O6/c22-14-10-17(23(11-14)21(28)29-12-13-6-2-1-3-7-13)20(27)30-24-18(25)15-8-4-5-9-16(15)19(24)26/h1-9,14,17H,10-12H2/t14-,17-/m1/s1. The molecule has 2 atom stereocenters. The van der Waals surface area contributed by atoms with Gasteiger partial charge in [0, 0.05) is 6.42 Å². The number of halogens is 1. The Hall–Kier alpha value is -3.75. The molecule has 0 aliphatic carbocycles. The molecule has 0 radical (unpaired) electrons. The number of likely N-dealkylation sites (tertiary alicyclic amines) is 1. The molecule has 2 aliphatic heterocycles. The zero-order chi connectivity index (χ0) is 21.3. The molecule has 0 spiro atoms. The van der Waals surface area contributed by atoms with E-state index in [4.69, 9.17) is 9.57 Å². The maximum atomic E-state index is 14.0. The van der Waals surface area contributed by atoms with E-state index in [2.05, 4.69) is 0 Å². The second-order valence-electron chi connectivity index (χ2n) is 6.90. The van der Waals surface area contributed by atoms with Gasteiger partial charge in [0.15, 0.2) is 0 Å². The van der Waals surface area contributed by atoms with Crippen LogP contribution in [-0.4, -0.2) is 52.6 Å². The van der Waals surface area contributed by atoms with Crippen molar-refractivity contribution in [2.24, 2.45) is 0 Å². The van der Waals surface area contributed by atoms with Gasteiger partial charge in [-0.2, -0.15) is 0 Å². The average molecular weight is 412 g/mol. The summed E-state index contributed by atoms with van der Waals surface area (Å²) in [6, 6.07) is 13.6. The van der Waals surface area contributed by atoms with Crippen molar-refractivity contribution in [3.05, 3.63) is 71.3 Å². The molecule has 2 aromatic carbocycles. The van der Waals surface area contributed by atoms with Gasteiger partial charge >= 0.3 is 12.1 Å². The summed E-state index contributed by atoms with van der Waals surface area (Å²) in [5.74, 6) is -2.67. The lowest BCUT2D eigenvalue weighted by atomic mass is 10.1. The van der Waals surface area contributed by atoms with Crippen LogP contribution in [0.1, 0.15) is 32.7 Å². The number of ether oxygens (including phenoxy) is 1. The highest BCUT2D eigenvalue weighted by atomic mass is 19.1. The Balaban J connectivity index is 1.43. The second-order valence-corrected chi connectivity index (χ2v) is 6.90. The van der Waals surface area contributed by atoms with Gasteiger partial charge in [0.25, 0.3) is 11.8 Å². The van der Waals surface area contributed by atoms with Crippen LogP contribution >= 0.6 is 0 Å². The fourth-order valence-electron chi connectivity index (χ4n) is 3.41. The van der Waals surface area contributed by atoms with Crippen LogP contribution in [0.25, 0.3) is 0 Å². The quantitative estimate of drug-likeness (QED) is 0.717. The van der Waals surface area contributed by atoms with E-state index < -0.39 is 36.1 Å². The van der Waals surface area contributed by atoms with E-state index in [0.717, 1.165) is 10.5 Å². The van der Waals surface area contributed by atoms with Crippen LogP contribution in [0.2, 0.25) is 0 Å². The van der Waals surface area contributed by atoms with E-state index in [1.54, 1.807) is 36.4 Å². The average Bonchev–Trinajstić information content (AvgIpc) is 3.27. The third-order valence-corrected chi connectivity index (χ3v) is 4.90. The summed E-state index contributed by atoms with van der Waals surface area (Å²) in [6.45, 7) is -0.400. The predicted molar refractivity (Wildman–Crippen MR) is 99.7 cm³/mol. The van der Waals surface area contributed by atoms with Crippen LogP contribution in [0.4, 0.5) is 9.18 Å². The number of rotatable bonds is 4. The molecule has 1 fully saturated rings. The number of amides is 3. The number of carbonyl (C=O) groups excluding carboxylic acids is 4. The highest BCUT2D eigenvalue weighted by Crippen LogP contribution is 2.26. The predicted octanol–water partition coefficient (Wildman–Crippen LogP) is 2.49. The van der Waals surface area contributed by atoms with Crippen LogP contribution in [0.15, 0.2) is 54.6 Å². The summed E-state index contributed by atoms with van der Waals surface area (Å²) in [5.41, 5.74) is 0.931. The zero-order valence-electron chi connectivity index (χ0n) is 15.7. The normalized spacial score (nSPS) is 20.3. The topological polar surface area (TPSA) is 93.2 Å². The molecule has 2 aliphatic rings. The van der Waals surface area contributed by atoms with Crippen molar-refractivity contribution in [1.29, 1.82) is 0 Å². The number of benzene rings is 2. The first-order chi connectivity index (χ1) is 14.5. The van der Waals surface area contributed by atoms with Crippen molar-refractivity contribution in [2.75, 3.05) is 6.54 Å². The second kappa shape index (κ2) is 7.94. The summed E-state index contributed by atoms with van der Waals surface area (Å²) in [5, 5.41) is 0.339. The van der Waals surface area contributed by atoms with E-state index in [9.17, 15) is 23.6 Å². The van der Waals surface area contributed by atoms with Crippen molar-refractivity contribution in [3.63, 3.8) is 0 Å². The first-order valence-corrected chi connectivity index (χ1v) is 9.26. The van der Waals surface area contributed by atoms with E-state index in [-0.39, 0.29) is 30.7 Å². The molecule has 0 unspecified atom stereocenters. The van der Waals surface area contributed by atoms with Crippen LogP contribution < -0.4 is 0 Å². The number of hydroxylamine groups is 2. The van der Waals surface area contributed by atoms with E-state index in [1.165, 1.54) is 12.1 Å². The van der Waals surface area contributed by atoms with Crippen LogP contribution in [0.5, 0.6) is 0 Å². The van der Waals surface area contributed by atoms with Gasteiger partial charge in [-0.05, 0) is 17.7 Å². The van der Waals surface area contributed by atoms with Gasteiger partial charge in [-0.3, -0.25) is 14.5 Å². The monoisotopic (exact) mass is 412 g/mol. The molecular weight excluding hydrogens is 395 g/mol. The highest BCUT2D eigenvalue weighted by molar-refractivity contribution is 6.20. The Morgan fingerprint density at radius 2 is 1.57 bits per heavy atom. The molecule has 154 valence electrons. The number of imide groups is 1. The number of carbonyl (C=O) groups is 4. The maximum Gasteiger partial charge on any atom is 0.410 e. The van der Waals surface area contributed by atoms with E-state index in [0.29, 0.717) is 5.06 Å². The number of nitrogens with zero attached hydrogens (tertiary/aromatic N) is 2. The lowest BCUT2D eigenvalue weighted by Gasteiger charge is -2.23. The summed E-state index contributed by atoms with van der Waals surface area (Å²) in [7, 11) is 0. The Bertz CT molecular complexity index is 977. The van der Waals surface area contributed by atoms with Gasteiger partial charge in [0.2, 0.25) is 0 Å². The maximum absolute atomic E-state index is 14.0. The number of hydrogen-bond acceptors (Lipinski definition) is 6. The molecule has 3 amide bonds. The minimum atomic E-state index is -1.46. The summed E-state index contributed by atoms with van der Waals surface area (Å²) >= 11 is 0. The van der Waals surface area contributed by atoms with Crippen molar-refractivity contribution < 1.29 is 33.1 Å². The Morgan fingerprint density at radius 1 is 0.967 bits per heavy atom. The summed E-state index contributed by atoms with van der Waals surface area (Å²) < 4.78 is 19.2. The van der Waals surface area contributed by atoms with Gasteiger partial charge in [-0.25, -0.2) is 14.0 Å². The number of hydrogen-bond donors (Lipinski definition) is 0. The third-order valence-electron chi connectivity index (χ3n) is 4.90. The molecule has 8 nitrogen and oxygen atoms in total. The molecule has 0 bridgehead atoms. The molecular formula is C21H17FN2O6. The van der Waals surface area contributed by atoms with Crippen molar-refractivity contribution in [2.45, 2.75) is 25.2 Å². The van der Waals surface area contributed by atoms with E-state index in [1.807, 2.05) is 6.07 Å².